The lowest BCUT2D eigenvalue weighted by Gasteiger charge is -2.10. The van der Waals surface area contributed by atoms with Gasteiger partial charge in [0, 0.05) is 102 Å². The fourth-order valence-corrected chi connectivity index (χ4v) is 19.1. The average Bonchev–Trinajstić information content (AvgIpc) is 1.60. The quantitative estimate of drug-likeness (QED) is 0.152. The molecule has 0 radical (unpaired) electrons. The Morgan fingerprint density at radius 1 is 0.244 bits per heavy atom. The van der Waals surface area contributed by atoms with Gasteiger partial charge in [-0.25, -0.2) is 22.8 Å². The highest BCUT2D eigenvalue weighted by molar-refractivity contribution is 6.19. The number of benzene rings is 15. The van der Waals surface area contributed by atoms with Crippen molar-refractivity contribution in [3.8, 4) is 56.4 Å². The predicted octanol–water partition coefficient (Wildman–Crippen LogP) is 26.5. The van der Waals surface area contributed by atoms with Crippen molar-refractivity contribution in [2.75, 3.05) is 0 Å². The molecular formula is C116H97N10O5+5. The fourth-order valence-electron chi connectivity index (χ4n) is 19.1. The third-order valence-electron chi connectivity index (χ3n) is 26.3. The molecule has 25 aromatic rings. The first-order valence-electron chi connectivity index (χ1n) is 45.6. The van der Waals surface area contributed by atoms with Crippen molar-refractivity contribution < 1.29 is 49.0 Å². The molecule has 25 rings (SSSR count). The van der Waals surface area contributed by atoms with Gasteiger partial charge in [0.15, 0.2) is 17.0 Å². The summed E-state index contributed by atoms with van der Waals surface area (Å²) in [5.41, 5.74) is 30.2. The van der Waals surface area contributed by atoms with Gasteiger partial charge in [0.2, 0.25) is 0 Å². The van der Waals surface area contributed by atoms with Crippen molar-refractivity contribution in [3.05, 3.63) is 360 Å². The number of rotatable bonds is 5. The highest BCUT2D eigenvalue weighted by Gasteiger charge is 2.29. The molecule has 0 bridgehead atoms. The van der Waals surface area contributed by atoms with E-state index in [1.807, 2.05) is 162 Å². The molecule has 0 aliphatic carbocycles. The number of aryl methyl sites for hydroxylation is 13. The molecule has 0 saturated carbocycles. The summed E-state index contributed by atoms with van der Waals surface area (Å²) in [6.07, 6.45) is 14.7. The van der Waals surface area contributed by atoms with Gasteiger partial charge in [-0.1, -0.05) is 159 Å². The van der Waals surface area contributed by atoms with Crippen LogP contribution in [0.3, 0.4) is 0 Å². The molecule has 636 valence electrons. The lowest BCUT2D eigenvalue weighted by molar-refractivity contribution is -0.663. The second-order valence-electron chi connectivity index (χ2n) is 34.9. The van der Waals surface area contributed by atoms with E-state index in [1.165, 1.54) is 104 Å². The Labute approximate surface area is 760 Å². The Morgan fingerprint density at radius 2 is 0.580 bits per heavy atom. The highest BCUT2D eigenvalue weighted by atomic mass is 16.3. The summed E-state index contributed by atoms with van der Waals surface area (Å²) in [5.74, 6) is 0.919. The zero-order valence-corrected chi connectivity index (χ0v) is 75.8. The Balaban J connectivity index is 0.000000101. The van der Waals surface area contributed by atoms with Gasteiger partial charge in [-0.05, 0) is 250 Å². The molecule has 15 nitrogen and oxygen atoms in total. The minimum absolute atomic E-state index is 0.319. The standard InChI is InChI=1S/C24H21N2O.4C23H19N2O/c1-14-9-20-19-11-17-7-5-6-8-18(17)12-22(19)27-24(20)23(16(14)3)21-10-15(2)25-13-26(21)4;1-14-11-19-18-12-16-7-4-5-8-17(16)13-20(18)26-22(19)21(15(14)2)23-24-9-6-10-25(23)3;1-14-10-19-18-11-16-6-4-5-7-17(16)12-21(18)26-23(19)22(15(14)2)20-8-9-24-13-25(20)3;1-14-10-15(2)22(19-8-9-24-13-25(19)3)23-21(14)18-11-16-6-4-5-7-17(16)12-20(18)26-23;1-14-8-9-18-19-11-16-6-4-5-7-17(16)12-21(19)26-23(18)22(14)20-10-15(2)24-13-25(20)3/h5-13H,1-4H3;4*4-13H,1-3H3/q5*+1/i;;;1D3;. The van der Waals surface area contributed by atoms with Crippen LogP contribution in [-0.4, -0.2) is 24.9 Å². The van der Waals surface area contributed by atoms with Crippen LogP contribution in [0.1, 0.15) is 65.6 Å². The van der Waals surface area contributed by atoms with Gasteiger partial charge < -0.3 is 22.1 Å². The first-order valence-corrected chi connectivity index (χ1v) is 44.1. The number of nitrogens with zero attached hydrogens (tertiary/aromatic N) is 10. The van der Waals surface area contributed by atoms with E-state index >= 15 is 0 Å². The van der Waals surface area contributed by atoms with Crippen LogP contribution >= 0.6 is 0 Å². The molecule has 0 amide bonds. The number of fused-ring (bicyclic) bond motifs is 20. The Kier molecular flexibility index (Phi) is 19.6. The predicted molar refractivity (Wildman–Crippen MR) is 530 cm³/mol. The van der Waals surface area contributed by atoms with Gasteiger partial charge in [0.1, 0.15) is 97.2 Å². The van der Waals surface area contributed by atoms with E-state index < -0.39 is 6.85 Å². The second-order valence-corrected chi connectivity index (χ2v) is 34.9. The van der Waals surface area contributed by atoms with Crippen molar-refractivity contribution in [2.24, 2.45) is 35.2 Å². The minimum Gasteiger partial charge on any atom is -0.455 e. The minimum atomic E-state index is -2.25. The van der Waals surface area contributed by atoms with Crippen LogP contribution in [0.4, 0.5) is 0 Å². The number of aromatic nitrogens is 10. The largest absolute Gasteiger partial charge is 0.455 e. The van der Waals surface area contributed by atoms with E-state index in [-0.39, 0.29) is 0 Å². The van der Waals surface area contributed by atoms with E-state index in [2.05, 4.69) is 271 Å². The van der Waals surface area contributed by atoms with E-state index in [1.54, 1.807) is 18.6 Å². The number of furan rings is 5. The van der Waals surface area contributed by atoms with Crippen molar-refractivity contribution in [2.45, 2.75) is 76.1 Å². The molecule has 0 saturated heterocycles. The Hall–Kier alpha value is -16.0. The molecule has 10 heterocycles. The lowest BCUT2D eigenvalue weighted by atomic mass is 9.96. The summed E-state index contributed by atoms with van der Waals surface area (Å²) >= 11 is 0. The third kappa shape index (κ3) is 14.4. The normalized spacial score (nSPS) is 12.1. The summed E-state index contributed by atoms with van der Waals surface area (Å²) in [4.78, 5) is 21.8. The van der Waals surface area contributed by atoms with E-state index in [0.717, 1.165) is 156 Å². The van der Waals surface area contributed by atoms with Crippen molar-refractivity contribution in [1.29, 1.82) is 0 Å². The SMILES string of the molecule is Cc1cc(-c2c(C)c(C)cc3c2oc2cc4ccccc4cc23)[n+](C)cn1.Cc1cc(-c2c(C)ccc3c2oc2cc4ccccc4cc23)[n+](C)cn1.Cc1cc2c(oc3cc4ccccc4cc32)c(-c2ccnc[n+]2C)c1C.Cc1cc2c(oc3cc4ccccc4cc32)c(-c2nccc[n+]2C)c1C.[2H]C([2H])([2H])c1cc(C)c(-c2ccnc[n+]2C)c2oc3cc4ccccc4cc3c12. The second kappa shape index (κ2) is 32.7. The molecule has 10 aromatic heterocycles. The topological polar surface area (TPSA) is 150 Å². The van der Waals surface area contributed by atoms with Gasteiger partial charge >= 0.3 is 5.82 Å². The smallest absolute Gasteiger partial charge is 0.334 e. The van der Waals surface area contributed by atoms with Crippen LogP contribution in [0.2, 0.25) is 0 Å². The molecule has 0 spiro atoms. The zero-order chi connectivity index (χ0) is 92.6. The summed E-state index contributed by atoms with van der Waals surface area (Å²) in [6.45, 7) is 18.8. The molecular weight excluding hydrogens is 1610 g/mol. The van der Waals surface area contributed by atoms with E-state index in [4.69, 9.17) is 26.2 Å². The maximum Gasteiger partial charge on any atom is 0.334 e. The van der Waals surface area contributed by atoms with Crippen LogP contribution in [0.5, 0.6) is 0 Å². The van der Waals surface area contributed by atoms with Gasteiger partial charge in [0.05, 0.1) is 63.7 Å². The third-order valence-corrected chi connectivity index (χ3v) is 26.3. The van der Waals surface area contributed by atoms with Crippen molar-refractivity contribution >= 4 is 164 Å². The molecule has 0 atom stereocenters. The lowest BCUT2D eigenvalue weighted by Crippen LogP contribution is -2.31. The maximum absolute atomic E-state index is 8.12. The van der Waals surface area contributed by atoms with Crippen LogP contribution in [0.25, 0.3) is 220 Å². The van der Waals surface area contributed by atoms with Gasteiger partial charge in [-0.15, -0.1) is 0 Å². The van der Waals surface area contributed by atoms with Crippen molar-refractivity contribution in [1.82, 2.24) is 24.9 Å². The Morgan fingerprint density at radius 3 is 0.992 bits per heavy atom. The molecule has 0 N–H and O–H groups in total. The van der Waals surface area contributed by atoms with Crippen LogP contribution < -0.4 is 22.8 Å². The summed E-state index contributed by atoms with van der Waals surface area (Å²) in [5, 5.41) is 22.6. The van der Waals surface area contributed by atoms with Gasteiger partial charge in [-0.2, -0.15) is 0 Å². The zero-order valence-electron chi connectivity index (χ0n) is 78.8. The number of hydrogen-bond acceptors (Lipinski definition) is 10. The molecule has 0 aliphatic rings. The van der Waals surface area contributed by atoms with Gasteiger partial charge in [0.25, 0.3) is 25.3 Å². The van der Waals surface area contributed by atoms with E-state index in [0.29, 0.717) is 22.1 Å². The molecule has 15 heteroatoms. The van der Waals surface area contributed by atoms with Crippen LogP contribution in [-0.2, 0) is 35.2 Å². The fraction of sp³-hybridized carbons (Fsp3) is 0.138. The Bertz CT molecular complexity index is 8970. The first kappa shape index (κ1) is 78.5. The average molecular weight is 1710 g/mol. The monoisotopic (exact) mass is 1710 g/mol. The molecule has 0 unspecified atom stereocenters. The summed E-state index contributed by atoms with van der Waals surface area (Å²) in [7, 11) is 10.0. The number of hydrogen-bond donors (Lipinski definition) is 0. The van der Waals surface area contributed by atoms with Crippen molar-refractivity contribution in [3.63, 3.8) is 0 Å². The molecule has 0 aliphatic heterocycles. The molecule has 0 fully saturated rings. The first-order chi connectivity index (χ1) is 64.7. The maximum atomic E-state index is 8.12. The van der Waals surface area contributed by atoms with E-state index in [9.17, 15) is 0 Å². The highest BCUT2D eigenvalue weighted by Crippen LogP contribution is 2.47. The van der Waals surface area contributed by atoms with Gasteiger partial charge in [-0.3, -0.25) is 0 Å². The molecule has 131 heavy (non-hydrogen) atoms. The summed E-state index contributed by atoms with van der Waals surface area (Å²) < 4.78 is 66.5. The van der Waals surface area contributed by atoms with Crippen LogP contribution in [0.15, 0.2) is 321 Å². The molecule has 15 aromatic carbocycles. The summed E-state index contributed by atoms with van der Waals surface area (Å²) in [6, 6.07) is 86.2. The van der Waals surface area contributed by atoms with Crippen LogP contribution in [0, 0.1) is 76.1 Å².